The summed E-state index contributed by atoms with van der Waals surface area (Å²) in [6.45, 7) is 8.83. The average molecular weight is 405 g/mol. The molecule has 4 heteroatoms. The molecule has 0 aliphatic heterocycles. The van der Waals surface area contributed by atoms with Crippen molar-refractivity contribution in [3.63, 3.8) is 0 Å². The number of rotatable bonds is 15. The van der Waals surface area contributed by atoms with E-state index < -0.39 is 17.9 Å². The zero-order valence-electron chi connectivity index (χ0n) is 18.8. The highest BCUT2D eigenvalue weighted by molar-refractivity contribution is 5.94. The summed E-state index contributed by atoms with van der Waals surface area (Å²) in [4.78, 5) is 25.5. The molecule has 0 aromatic heterocycles. The number of esters is 2. The number of carbonyl (C=O) groups is 2. The molecule has 2 atom stereocenters. The van der Waals surface area contributed by atoms with Gasteiger partial charge in [0.2, 0.25) is 0 Å². The van der Waals surface area contributed by atoms with Crippen molar-refractivity contribution in [3.8, 4) is 0 Å². The lowest BCUT2D eigenvalue weighted by Crippen LogP contribution is -2.32. The Bertz CT molecular complexity index is 567. The van der Waals surface area contributed by atoms with Gasteiger partial charge < -0.3 is 9.47 Å². The molecule has 164 valence electrons. The second kappa shape index (κ2) is 15.1. The van der Waals surface area contributed by atoms with Gasteiger partial charge in [0.1, 0.15) is 6.10 Å². The summed E-state index contributed by atoms with van der Waals surface area (Å²) >= 11 is 0. The van der Waals surface area contributed by atoms with Gasteiger partial charge in [0.15, 0.2) is 5.92 Å². The van der Waals surface area contributed by atoms with Crippen LogP contribution in [0.15, 0.2) is 30.3 Å². The first-order valence-electron chi connectivity index (χ1n) is 11.4. The van der Waals surface area contributed by atoms with Gasteiger partial charge in [-0.2, -0.15) is 0 Å². The summed E-state index contributed by atoms with van der Waals surface area (Å²) in [5, 5.41) is 0. The fraction of sp³-hybridized carbons (Fsp3) is 0.680. The fourth-order valence-corrected chi connectivity index (χ4v) is 3.38. The van der Waals surface area contributed by atoms with Crippen LogP contribution in [0.5, 0.6) is 0 Å². The lowest BCUT2D eigenvalue weighted by molar-refractivity contribution is -0.166. The molecular weight excluding hydrogens is 364 g/mol. The van der Waals surface area contributed by atoms with Crippen LogP contribution in [0.25, 0.3) is 0 Å². The van der Waals surface area contributed by atoms with Crippen LogP contribution in [0.4, 0.5) is 0 Å². The largest absolute Gasteiger partial charge is 0.465 e. The van der Waals surface area contributed by atoms with Crippen LogP contribution in [-0.4, -0.2) is 24.6 Å². The Labute approximate surface area is 177 Å². The number of benzene rings is 1. The molecule has 0 saturated heterocycles. The average Bonchev–Trinajstić information content (AvgIpc) is 2.68. The Morgan fingerprint density at radius 3 is 2.17 bits per heavy atom. The molecule has 0 aliphatic rings. The molecule has 0 bridgehead atoms. The smallest absolute Gasteiger partial charge is 0.320 e. The fourth-order valence-electron chi connectivity index (χ4n) is 3.38. The summed E-state index contributed by atoms with van der Waals surface area (Å²) in [7, 11) is 0. The molecule has 29 heavy (non-hydrogen) atoms. The number of hydrogen-bond donors (Lipinski definition) is 0. The Morgan fingerprint density at radius 1 is 0.897 bits per heavy atom. The van der Waals surface area contributed by atoms with Crippen molar-refractivity contribution in [2.75, 3.05) is 6.61 Å². The van der Waals surface area contributed by atoms with Crippen LogP contribution in [0, 0.1) is 11.8 Å². The topological polar surface area (TPSA) is 52.6 Å². The minimum atomic E-state index is -0.811. The van der Waals surface area contributed by atoms with E-state index in [-0.39, 0.29) is 6.10 Å². The lowest BCUT2D eigenvalue weighted by atomic mass is 9.98. The predicted octanol–water partition coefficient (Wildman–Crippen LogP) is 6.12. The van der Waals surface area contributed by atoms with Gasteiger partial charge in [-0.1, -0.05) is 90.1 Å². The molecular formula is C25H40O4. The quantitative estimate of drug-likeness (QED) is 0.201. The molecule has 0 heterocycles. The Balaban J connectivity index is 2.76. The van der Waals surface area contributed by atoms with Crippen molar-refractivity contribution >= 4 is 11.9 Å². The van der Waals surface area contributed by atoms with Gasteiger partial charge in [-0.05, 0) is 30.7 Å². The van der Waals surface area contributed by atoms with Gasteiger partial charge in [-0.15, -0.1) is 0 Å². The van der Waals surface area contributed by atoms with Crippen LogP contribution < -0.4 is 0 Å². The van der Waals surface area contributed by atoms with Crippen molar-refractivity contribution in [2.24, 2.45) is 11.8 Å². The van der Waals surface area contributed by atoms with Crippen molar-refractivity contribution in [2.45, 2.75) is 91.6 Å². The molecule has 2 unspecified atom stereocenters. The van der Waals surface area contributed by atoms with Gasteiger partial charge in [0.25, 0.3) is 0 Å². The van der Waals surface area contributed by atoms with E-state index in [1.165, 1.54) is 0 Å². The van der Waals surface area contributed by atoms with Crippen LogP contribution >= 0.6 is 0 Å². The van der Waals surface area contributed by atoms with E-state index >= 15 is 0 Å². The molecule has 1 aromatic carbocycles. The first-order valence-corrected chi connectivity index (χ1v) is 11.4. The van der Waals surface area contributed by atoms with Crippen LogP contribution in [-0.2, 0) is 25.5 Å². The highest BCUT2D eigenvalue weighted by atomic mass is 16.6. The summed E-state index contributed by atoms with van der Waals surface area (Å²) in [6.07, 6.45) is 7.49. The minimum Gasteiger partial charge on any atom is -0.465 e. The SMILES string of the molecule is CCCCCOC(=O)C(CCCCC)C(=O)OC(Cc1ccccc1)CC(C)C. The molecule has 1 aromatic rings. The molecule has 0 radical (unpaired) electrons. The van der Waals surface area contributed by atoms with Gasteiger partial charge in [0.05, 0.1) is 6.61 Å². The summed E-state index contributed by atoms with van der Waals surface area (Å²) in [5.41, 5.74) is 1.13. The molecule has 1 rings (SSSR count). The maximum atomic E-state index is 12.9. The second-order valence-corrected chi connectivity index (χ2v) is 8.30. The molecule has 0 fully saturated rings. The highest BCUT2D eigenvalue weighted by Crippen LogP contribution is 2.20. The number of unbranched alkanes of at least 4 members (excludes halogenated alkanes) is 4. The maximum Gasteiger partial charge on any atom is 0.320 e. The zero-order valence-corrected chi connectivity index (χ0v) is 18.8. The van der Waals surface area contributed by atoms with Crippen LogP contribution in [0.3, 0.4) is 0 Å². The van der Waals surface area contributed by atoms with Crippen molar-refractivity contribution in [3.05, 3.63) is 35.9 Å². The summed E-state index contributed by atoms with van der Waals surface area (Å²) in [6, 6.07) is 10.0. The second-order valence-electron chi connectivity index (χ2n) is 8.30. The van der Waals surface area contributed by atoms with Crippen LogP contribution in [0.1, 0.15) is 84.6 Å². The van der Waals surface area contributed by atoms with E-state index in [0.29, 0.717) is 25.4 Å². The monoisotopic (exact) mass is 404 g/mol. The van der Waals surface area contributed by atoms with E-state index in [1.54, 1.807) is 0 Å². The Kier molecular flexibility index (Phi) is 13.1. The van der Waals surface area contributed by atoms with E-state index in [2.05, 4.69) is 27.7 Å². The van der Waals surface area contributed by atoms with E-state index in [9.17, 15) is 9.59 Å². The third-order valence-corrected chi connectivity index (χ3v) is 4.98. The van der Waals surface area contributed by atoms with Gasteiger partial charge in [-0.3, -0.25) is 9.59 Å². The Morgan fingerprint density at radius 2 is 1.55 bits per heavy atom. The third kappa shape index (κ3) is 11.1. The normalized spacial score (nSPS) is 13.1. The van der Waals surface area contributed by atoms with Gasteiger partial charge in [-0.25, -0.2) is 0 Å². The first-order chi connectivity index (χ1) is 14.0. The van der Waals surface area contributed by atoms with E-state index in [0.717, 1.165) is 50.5 Å². The minimum absolute atomic E-state index is 0.230. The van der Waals surface area contributed by atoms with Crippen molar-refractivity contribution < 1.29 is 19.1 Å². The Hall–Kier alpha value is -1.84. The lowest BCUT2D eigenvalue weighted by Gasteiger charge is -2.23. The van der Waals surface area contributed by atoms with E-state index in [4.69, 9.17) is 9.47 Å². The predicted molar refractivity (Wildman–Crippen MR) is 118 cm³/mol. The molecule has 4 nitrogen and oxygen atoms in total. The maximum absolute atomic E-state index is 12.9. The van der Waals surface area contributed by atoms with E-state index in [1.807, 2.05) is 30.3 Å². The van der Waals surface area contributed by atoms with Gasteiger partial charge in [0, 0.05) is 6.42 Å². The molecule has 0 saturated carbocycles. The number of carbonyl (C=O) groups excluding carboxylic acids is 2. The molecule has 0 N–H and O–H groups in total. The van der Waals surface area contributed by atoms with Gasteiger partial charge >= 0.3 is 11.9 Å². The number of hydrogen-bond acceptors (Lipinski definition) is 4. The first kappa shape index (κ1) is 25.2. The number of ether oxygens (including phenoxy) is 2. The molecule has 0 spiro atoms. The van der Waals surface area contributed by atoms with Crippen molar-refractivity contribution in [1.82, 2.24) is 0 Å². The molecule has 0 amide bonds. The standard InChI is InChI=1S/C25H40O4/c1-5-7-10-16-23(24(26)28-17-13-8-6-2)25(27)29-22(18-20(3)4)19-21-14-11-9-12-15-21/h9,11-12,14-15,20,22-23H,5-8,10,13,16-19H2,1-4H3. The molecule has 0 aliphatic carbocycles. The third-order valence-electron chi connectivity index (χ3n) is 4.98. The zero-order chi connectivity index (χ0) is 21.5. The summed E-state index contributed by atoms with van der Waals surface area (Å²) < 4.78 is 11.3. The van der Waals surface area contributed by atoms with Crippen LogP contribution in [0.2, 0.25) is 0 Å². The highest BCUT2D eigenvalue weighted by Gasteiger charge is 2.31. The summed E-state index contributed by atoms with van der Waals surface area (Å²) in [5.74, 6) is -1.27. The van der Waals surface area contributed by atoms with Crippen molar-refractivity contribution in [1.29, 1.82) is 0 Å².